The van der Waals surface area contributed by atoms with Gasteiger partial charge in [-0.1, -0.05) is 36.8 Å². The zero-order valence-corrected chi connectivity index (χ0v) is 11.1. The SMILES string of the molecule is c1ccc(Cc2nnn(CN3CCCCC3)n2)cc1. The second kappa shape index (κ2) is 5.93. The van der Waals surface area contributed by atoms with Gasteiger partial charge < -0.3 is 0 Å². The minimum Gasteiger partial charge on any atom is -0.283 e. The van der Waals surface area contributed by atoms with Crippen LogP contribution in [0, 0.1) is 0 Å². The molecule has 2 aromatic rings. The molecular weight excluding hydrogens is 238 g/mol. The molecule has 1 aromatic carbocycles. The smallest absolute Gasteiger partial charge is 0.179 e. The first kappa shape index (κ1) is 12.3. The molecule has 0 amide bonds. The summed E-state index contributed by atoms with van der Waals surface area (Å²) in [5, 5.41) is 12.7. The second-order valence-electron chi connectivity index (χ2n) is 5.06. The number of likely N-dealkylation sites (tertiary alicyclic amines) is 1. The molecule has 0 radical (unpaired) electrons. The predicted molar refractivity (Wildman–Crippen MR) is 72.5 cm³/mol. The van der Waals surface area contributed by atoms with Gasteiger partial charge in [-0.15, -0.1) is 15.0 Å². The van der Waals surface area contributed by atoms with Crippen LogP contribution in [0.4, 0.5) is 0 Å². The third kappa shape index (κ3) is 3.38. The first-order valence-corrected chi connectivity index (χ1v) is 6.93. The van der Waals surface area contributed by atoms with E-state index in [-0.39, 0.29) is 0 Å². The molecule has 0 aliphatic carbocycles. The molecule has 1 aliphatic rings. The van der Waals surface area contributed by atoms with Gasteiger partial charge in [0.15, 0.2) is 5.82 Å². The maximum atomic E-state index is 4.45. The van der Waals surface area contributed by atoms with E-state index in [0.717, 1.165) is 32.0 Å². The van der Waals surface area contributed by atoms with Crippen LogP contribution in [0.1, 0.15) is 30.7 Å². The maximum Gasteiger partial charge on any atom is 0.179 e. The Kier molecular flexibility index (Phi) is 3.83. The number of tetrazole rings is 1. The van der Waals surface area contributed by atoms with E-state index in [0.29, 0.717) is 0 Å². The standard InChI is InChI=1S/C14H19N5/c1-3-7-13(8-4-1)11-14-15-17-19(16-14)12-18-9-5-2-6-10-18/h1,3-4,7-8H,2,5-6,9-12H2. The molecule has 5 nitrogen and oxygen atoms in total. The third-order valence-electron chi connectivity index (χ3n) is 3.47. The molecule has 0 unspecified atom stereocenters. The van der Waals surface area contributed by atoms with Crippen molar-refractivity contribution in [2.45, 2.75) is 32.4 Å². The fourth-order valence-corrected chi connectivity index (χ4v) is 2.47. The van der Waals surface area contributed by atoms with Crippen LogP contribution in [-0.2, 0) is 13.1 Å². The highest BCUT2D eigenvalue weighted by Crippen LogP contribution is 2.09. The number of piperidine rings is 1. The quantitative estimate of drug-likeness (QED) is 0.836. The fraction of sp³-hybridized carbons (Fsp3) is 0.500. The van der Waals surface area contributed by atoms with E-state index in [1.165, 1.54) is 24.8 Å². The Morgan fingerprint density at radius 2 is 1.79 bits per heavy atom. The lowest BCUT2D eigenvalue weighted by Gasteiger charge is -2.25. The molecule has 1 aromatic heterocycles. The summed E-state index contributed by atoms with van der Waals surface area (Å²) in [5.74, 6) is 0.795. The van der Waals surface area contributed by atoms with E-state index >= 15 is 0 Å². The van der Waals surface area contributed by atoms with Gasteiger partial charge in [0, 0.05) is 6.42 Å². The molecule has 3 rings (SSSR count). The zero-order valence-electron chi connectivity index (χ0n) is 11.1. The Hall–Kier alpha value is -1.75. The van der Waals surface area contributed by atoms with Crippen LogP contribution < -0.4 is 0 Å². The average Bonchev–Trinajstić information content (AvgIpc) is 2.88. The minimum atomic E-state index is 0.751. The molecule has 2 heterocycles. The van der Waals surface area contributed by atoms with Gasteiger partial charge in [-0.3, -0.25) is 4.90 Å². The van der Waals surface area contributed by atoms with Gasteiger partial charge in [-0.05, 0) is 36.7 Å². The topological polar surface area (TPSA) is 46.8 Å². The third-order valence-corrected chi connectivity index (χ3v) is 3.47. The lowest BCUT2D eigenvalue weighted by molar-refractivity contribution is 0.161. The van der Waals surface area contributed by atoms with Crippen LogP contribution in [0.25, 0.3) is 0 Å². The van der Waals surface area contributed by atoms with Crippen molar-refractivity contribution in [1.82, 2.24) is 25.1 Å². The van der Waals surface area contributed by atoms with Crippen molar-refractivity contribution in [3.63, 3.8) is 0 Å². The summed E-state index contributed by atoms with van der Waals surface area (Å²) in [6.45, 7) is 3.06. The highest BCUT2D eigenvalue weighted by molar-refractivity contribution is 5.17. The zero-order chi connectivity index (χ0) is 12.9. The molecule has 0 N–H and O–H groups in total. The summed E-state index contributed by atoms with van der Waals surface area (Å²) in [6.07, 6.45) is 4.67. The highest BCUT2D eigenvalue weighted by Gasteiger charge is 2.12. The summed E-state index contributed by atoms with van der Waals surface area (Å²) in [4.78, 5) is 4.10. The lowest BCUT2D eigenvalue weighted by Crippen LogP contribution is -2.32. The summed E-state index contributed by atoms with van der Waals surface area (Å²) < 4.78 is 0. The van der Waals surface area contributed by atoms with Gasteiger partial charge in [0.05, 0.1) is 0 Å². The van der Waals surface area contributed by atoms with E-state index in [1.54, 1.807) is 4.80 Å². The summed E-state index contributed by atoms with van der Waals surface area (Å²) in [5.41, 5.74) is 1.22. The molecule has 100 valence electrons. The molecule has 0 saturated carbocycles. The van der Waals surface area contributed by atoms with Gasteiger partial charge in [0.25, 0.3) is 0 Å². The van der Waals surface area contributed by atoms with Gasteiger partial charge in [0.2, 0.25) is 0 Å². The minimum absolute atomic E-state index is 0.751. The van der Waals surface area contributed by atoms with E-state index < -0.39 is 0 Å². The van der Waals surface area contributed by atoms with Gasteiger partial charge >= 0.3 is 0 Å². The van der Waals surface area contributed by atoms with Crippen molar-refractivity contribution in [2.24, 2.45) is 0 Å². The van der Waals surface area contributed by atoms with Crippen LogP contribution >= 0.6 is 0 Å². The molecule has 0 atom stereocenters. The van der Waals surface area contributed by atoms with Crippen molar-refractivity contribution in [3.05, 3.63) is 41.7 Å². The van der Waals surface area contributed by atoms with Crippen LogP contribution in [0.5, 0.6) is 0 Å². The fourth-order valence-electron chi connectivity index (χ4n) is 2.47. The average molecular weight is 257 g/mol. The normalized spacial score (nSPS) is 16.6. The number of hydrogen-bond acceptors (Lipinski definition) is 4. The molecule has 1 aliphatic heterocycles. The van der Waals surface area contributed by atoms with Gasteiger partial charge in [-0.2, -0.15) is 0 Å². The van der Waals surface area contributed by atoms with Crippen LogP contribution in [-0.4, -0.2) is 38.2 Å². The number of nitrogens with zero attached hydrogens (tertiary/aromatic N) is 5. The van der Waals surface area contributed by atoms with E-state index in [2.05, 4.69) is 32.4 Å². The van der Waals surface area contributed by atoms with Crippen molar-refractivity contribution in [1.29, 1.82) is 0 Å². The monoisotopic (exact) mass is 257 g/mol. The van der Waals surface area contributed by atoms with Crippen molar-refractivity contribution < 1.29 is 0 Å². The predicted octanol–water partition coefficient (Wildman–Crippen LogP) is 1.71. The highest BCUT2D eigenvalue weighted by atomic mass is 15.6. The Balaban J connectivity index is 1.59. The summed E-state index contributed by atoms with van der Waals surface area (Å²) in [7, 11) is 0. The van der Waals surface area contributed by atoms with Gasteiger partial charge in [-0.25, -0.2) is 0 Å². The van der Waals surface area contributed by atoms with Crippen LogP contribution in [0.3, 0.4) is 0 Å². The molecule has 1 saturated heterocycles. The van der Waals surface area contributed by atoms with E-state index in [4.69, 9.17) is 0 Å². The molecule has 19 heavy (non-hydrogen) atoms. The number of benzene rings is 1. The molecule has 0 bridgehead atoms. The van der Waals surface area contributed by atoms with Crippen molar-refractivity contribution in [3.8, 4) is 0 Å². The largest absolute Gasteiger partial charge is 0.283 e. The Bertz CT molecular complexity index is 502. The Morgan fingerprint density at radius 1 is 1.00 bits per heavy atom. The van der Waals surface area contributed by atoms with Crippen molar-refractivity contribution in [2.75, 3.05) is 13.1 Å². The number of hydrogen-bond donors (Lipinski definition) is 0. The summed E-state index contributed by atoms with van der Waals surface area (Å²) >= 11 is 0. The summed E-state index contributed by atoms with van der Waals surface area (Å²) in [6, 6.07) is 10.3. The van der Waals surface area contributed by atoms with E-state index in [1.807, 2.05) is 18.2 Å². The van der Waals surface area contributed by atoms with Crippen LogP contribution in [0.2, 0.25) is 0 Å². The maximum absolute atomic E-state index is 4.45. The molecule has 5 heteroatoms. The van der Waals surface area contributed by atoms with Gasteiger partial charge in [0.1, 0.15) is 6.67 Å². The van der Waals surface area contributed by atoms with Crippen LogP contribution in [0.15, 0.2) is 30.3 Å². The molecular formula is C14H19N5. The number of aromatic nitrogens is 4. The Labute approximate surface area is 113 Å². The second-order valence-corrected chi connectivity index (χ2v) is 5.06. The lowest BCUT2D eigenvalue weighted by atomic mass is 10.1. The molecule has 1 fully saturated rings. The first-order valence-electron chi connectivity index (χ1n) is 6.93. The molecule has 0 spiro atoms. The number of rotatable bonds is 4. The Morgan fingerprint density at radius 3 is 2.58 bits per heavy atom. The van der Waals surface area contributed by atoms with E-state index in [9.17, 15) is 0 Å². The van der Waals surface area contributed by atoms with Crippen molar-refractivity contribution >= 4 is 0 Å². The first-order chi connectivity index (χ1) is 9.40.